The monoisotopic (exact) mass is 237 g/mol. The van der Waals surface area contributed by atoms with Gasteiger partial charge in [-0.1, -0.05) is 24.6 Å². The van der Waals surface area contributed by atoms with Gasteiger partial charge >= 0.3 is 0 Å². The molecule has 1 rings (SSSR count). The van der Waals surface area contributed by atoms with Crippen molar-refractivity contribution in [2.75, 3.05) is 12.4 Å². The molecule has 0 radical (unpaired) electrons. The molecule has 1 aromatic carbocycles. The van der Waals surface area contributed by atoms with Gasteiger partial charge in [-0.2, -0.15) is 0 Å². The van der Waals surface area contributed by atoms with E-state index in [0.29, 0.717) is 10.6 Å². The fraction of sp³-hybridized carbons (Fsp3) is 0.308. The maximum absolute atomic E-state index is 10.8. The van der Waals surface area contributed by atoms with Crippen LogP contribution in [0.2, 0.25) is 5.02 Å². The van der Waals surface area contributed by atoms with E-state index < -0.39 is 0 Å². The van der Waals surface area contributed by atoms with Crippen molar-refractivity contribution < 1.29 is 4.79 Å². The molecule has 3 heteroatoms. The minimum atomic E-state index is 0.575. The van der Waals surface area contributed by atoms with Crippen LogP contribution in [0.5, 0.6) is 0 Å². The standard InChI is InChI=1S/C13H16ClNO/c1-4-5-9(2)11-6-10(8-16)7-12(14)13(11)15-3/h5-8,15H,4H2,1-3H3/b9-5+. The van der Waals surface area contributed by atoms with Crippen LogP contribution in [0.1, 0.15) is 36.2 Å². The summed E-state index contributed by atoms with van der Waals surface area (Å²) in [6, 6.07) is 3.52. The van der Waals surface area contributed by atoms with Gasteiger partial charge < -0.3 is 5.32 Å². The van der Waals surface area contributed by atoms with Crippen LogP contribution in [-0.2, 0) is 0 Å². The molecule has 0 heterocycles. The minimum absolute atomic E-state index is 0.575. The Morgan fingerprint density at radius 1 is 1.50 bits per heavy atom. The average molecular weight is 238 g/mol. The second-order valence-corrected chi connectivity index (χ2v) is 4.00. The molecule has 1 aromatic rings. The number of carbonyl (C=O) groups is 1. The highest BCUT2D eigenvalue weighted by Crippen LogP contribution is 2.32. The summed E-state index contributed by atoms with van der Waals surface area (Å²) < 4.78 is 0. The van der Waals surface area contributed by atoms with Gasteiger partial charge in [-0.3, -0.25) is 4.79 Å². The zero-order chi connectivity index (χ0) is 12.1. The lowest BCUT2D eigenvalue weighted by Crippen LogP contribution is -1.97. The number of rotatable bonds is 4. The second-order valence-electron chi connectivity index (χ2n) is 3.59. The largest absolute Gasteiger partial charge is 0.386 e. The van der Waals surface area contributed by atoms with Crippen molar-refractivity contribution in [1.29, 1.82) is 0 Å². The van der Waals surface area contributed by atoms with Crippen molar-refractivity contribution in [3.63, 3.8) is 0 Å². The maximum atomic E-state index is 10.8. The summed E-state index contributed by atoms with van der Waals surface area (Å²) in [6.45, 7) is 4.10. The fourth-order valence-electron chi connectivity index (χ4n) is 1.68. The number of hydrogen-bond donors (Lipinski definition) is 1. The molecule has 0 amide bonds. The van der Waals surface area contributed by atoms with Gasteiger partial charge in [0.1, 0.15) is 6.29 Å². The van der Waals surface area contributed by atoms with E-state index in [0.717, 1.165) is 29.5 Å². The number of benzene rings is 1. The predicted octanol–water partition coefficient (Wildman–Crippen LogP) is 4.01. The van der Waals surface area contributed by atoms with Crippen LogP contribution in [0, 0.1) is 0 Å². The third-order valence-corrected chi connectivity index (χ3v) is 2.73. The lowest BCUT2D eigenvalue weighted by molar-refractivity contribution is 0.112. The van der Waals surface area contributed by atoms with Crippen LogP contribution < -0.4 is 5.32 Å². The van der Waals surface area contributed by atoms with Crippen LogP contribution in [0.4, 0.5) is 5.69 Å². The summed E-state index contributed by atoms with van der Waals surface area (Å²) in [5, 5.41) is 3.64. The van der Waals surface area contributed by atoms with E-state index in [1.165, 1.54) is 0 Å². The van der Waals surface area contributed by atoms with Crippen molar-refractivity contribution in [2.45, 2.75) is 20.3 Å². The quantitative estimate of drug-likeness (QED) is 0.802. The molecular formula is C13H16ClNO. The van der Waals surface area contributed by atoms with Crippen molar-refractivity contribution in [3.05, 3.63) is 34.4 Å². The first-order chi connectivity index (χ1) is 7.63. The van der Waals surface area contributed by atoms with Crippen LogP contribution in [0.3, 0.4) is 0 Å². The molecule has 0 bridgehead atoms. The zero-order valence-corrected chi connectivity index (χ0v) is 10.6. The zero-order valence-electron chi connectivity index (χ0n) is 9.80. The van der Waals surface area contributed by atoms with E-state index in [1.807, 2.05) is 20.0 Å². The third-order valence-electron chi connectivity index (χ3n) is 2.43. The smallest absolute Gasteiger partial charge is 0.150 e. The third kappa shape index (κ3) is 2.64. The van der Waals surface area contributed by atoms with Crippen LogP contribution in [0.25, 0.3) is 5.57 Å². The summed E-state index contributed by atoms with van der Waals surface area (Å²) in [7, 11) is 1.82. The van der Waals surface area contributed by atoms with E-state index in [-0.39, 0.29) is 0 Å². The summed E-state index contributed by atoms with van der Waals surface area (Å²) in [4.78, 5) is 10.8. The molecule has 0 fully saturated rings. The molecule has 16 heavy (non-hydrogen) atoms. The molecule has 86 valence electrons. The first kappa shape index (κ1) is 12.8. The Morgan fingerprint density at radius 3 is 2.69 bits per heavy atom. The lowest BCUT2D eigenvalue weighted by Gasteiger charge is -2.12. The second kappa shape index (κ2) is 5.71. The van der Waals surface area contributed by atoms with Crippen LogP contribution in [-0.4, -0.2) is 13.3 Å². The Balaban J connectivity index is 3.39. The Kier molecular flexibility index (Phi) is 4.56. The van der Waals surface area contributed by atoms with E-state index in [2.05, 4.69) is 18.3 Å². The SMILES string of the molecule is CC/C=C(\C)c1cc(C=O)cc(Cl)c1NC. The van der Waals surface area contributed by atoms with Crippen LogP contribution >= 0.6 is 11.6 Å². The Morgan fingerprint density at radius 2 is 2.19 bits per heavy atom. The van der Waals surface area contributed by atoms with Gasteiger partial charge in [-0.15, -0.1) is 0 Å². The highest BCUT2D eigenvalue weighted by atomic mass is 35.5. The highest BCUT2D eigenvalue weighted by molar-refractivity contribution is 6.34. The van der Waals surface area contributed by atoms with Crippen LogP contribution in [0.15, 0.2) is 18.2 Å². The van der Waals surface area contributed by atoms with Gasteiger partial charge in [-0.05, 0) is 31.1 Å². The summed E-state index contributed by atoms with van der Waals surface area (Å²) in [5.41, 5.74) is 3.58. The van der Waals surface area contributed by atoms with Gasteiger partial charge in [0, 0.05) is 18.2 Å². The predicted molar refractivity (Wildman–Crippen MR) is 70.3 cm³/mol. The van der Waals surface area contributed by atoms with Crippen molar-refractivity contribution in [3.8, 4) is 0 Å². The van der Waals surface area contributed by atoms with Crippen molar-refractivity contribution in [2.24, 2.45) is 0 Å². The van der Waals surface area contributed by atoms with Crippen molar-refractivity contribution in [1.82, 2.24) is 0 Å². The molecule has 2 nitrogen and oxygen atoms in total. The molecular weight excluding hydrogens is 222 g/mol. The number of carbonyl (C=O) groups excluding carboxylic acids is 1. The van der Waals surface area contributed by atoms with Gasteiger partial charge in [0.25, 0.3) is 0 Å². The highest BCUT2D eigenvalue weighted by Gasteiger charge is 2.09. The fourth-order valence-corrected chi connectivity index (χ4v) is 2.00. The van der Waals surface area contributed by atoms with E-state index >= 15 is 0 Å². The van der Waals surface area contributed by atoms with Crippen molar-refractivity contribution >= 4 is 29.1 Å². The minimum Gasteiger partial charge on any atom is -0.386 e. The Bertz CT molecular complexity index is 424. The molecule has 0 aliphatic rings. The van der Waals surface area contributed by atoms with E-state index in [1.54, 1.807) is 6.07 Å². The molecule has 0 aromatic heterocycles. The van der Waals surface area contributed by atoms with E-state index in [9.17, 15) is 4.79 Å². The molecule has 0 unspecified atom stereocenters. The number of nitrogens with one attached hydrogen (secondary N) is 1. The average Bonchev–Trinajstić information content (AvgIpc) is 2.28. The molecule has 0 aliphatic heterocycles. The number of halogens is 1. The number of allylic oxidation sites excluding steroid dienone is 2. The summed E-state index contributed by atoms with van der Waals surface area (Å²) in [6.07, 6.45) is 3.88. The summed E-state index contributed by atoms with van der Waals surface area (Å²) >= 11 is 6.11. The van der Waals surface area contributed by atoms with E-state index in [4.69, 9.17) is 11.6 Å². The lowest BCUT2D eigenvalue weighted by atomic mass is 10.0. The molecule has 0 spiro atoms. The molecule has 0 atom stereocenters. The number of anilines is 1. The Hall–Kier alpha value is -1.28. The molecule has 0 saturated carbocycles. The molecule has 0 aliphatic carbocycles. The topological polar surface area (TPSA) is 29.1 Å². The van der Waals surface area contributed by atoms with Gasteiger partial charge in [-0.25, -0.2) is 0 Å². The van der Waals surface area contributed by atoms with Gasteiger partial charge in [0.05, 0.1) is 10.7 Å². The number of aldehydes is 1. The first-order valence-corrected chi connectivity index (χ1v) is 5.65. The number of hydrogen-bond acceptors (Lipinski definition) is 2. The maximum Gasteiger partial charge on any atom is 0.150 e. The van der Waals surface area contributed by atoms with Gasteiger partial charge in [0.2, 0.25) is 0 Å². The Labute approximate surface area is 101 Å². The normalized spacial score (nSPS) is 11.4. The summed E-state index contributed by atoms with van der Waals surface area (Å²) in [5.74, 6) is 0. The first-order valence-electron chi connectivity index (χ1n) is 5.27. The molecule has 1 N–H and O–H groups in total. The molecule has 0 saturated heterocycles. The van der Waals surface area contributed by atoms with Gasteiger partial charge in [0.15, 0.2) is 0 Å².